The van der Waals surface area contributed by atoms with Gasteiger partial charge in [-0.05, 0) is 160 Å². The Kier molecular flexibility index (Phi) is 10.1. The molecular formula is C67H46N2S. The van der Waals surface area contributed by atoms with Gasteiger partial charge in [0.2, 0.25) is 0 Å². The van der Waals surface area contributed by atoms with Crippen LogP contribution in [0.4, 0.5) is 0 Å². The summed E-state index contributed by atoms with van der Waals surface area (Å²) in [6, 6.07) is 82.9. The standard InChI is InChI=1S/C67H46N2S/c1-3-15-54(16-4-2)68-62-32-27-49(44-17-7-5-8-18-44)39-57(62)59-41-51(29-34-63(59)68)52-30-35-65-60(42-52)58-40-50(45-19-9-6-10-20-45)28-33-64(58)69(65)55-24-14-23-48(38-55)46-21-13-22-47(37-46)53-31-36-67-61(43-53)56-25-11-12-26-66(56)70-67/h3-43H,1H2,2H3/b16-4-,54-15+. The Hall–Kier alpha value is -8.76. The van der Waals surface area contributed by atoms with Crippen LogP contribution in [0.5, 0.6) is 0 Å². The van der Waals surface area contributed by atoms with Crippen LogP contribution < -0.4 is 0 Å². The Morgan fingerprint density at radius 2 is 0.800 bits per heavy atom. The number of benzene rings is 10. The van der Waals surface area contributed by atoms with E-state index in [9.17, 15) is 0 Å². The molecule has 0 aliphatic carbocycles. The maximum atomic E-state index is 4.07. The van der Waals surface area contributed by atoms with E-state index in [1.54, 1.807) is 0 Å². The van der Waals surface area contributed by atoms with Gasteiger partial charge in [-0.3, -0.25) is 0 Å². The molecule has 3 heteroatoms. The fourth-order valence-electron chi connectivity index (χ4n) is 10.7. The average Bonchev–Trinajstić information content (AvgIpc) is 4.08. The Balaban J connectivity index is 0.957. The molecule has 0 unspecified atom stereocenters. The lowest BCUT2D eigenvalue weighted by atomic mass is 9.97. The molecule has 0 saturated carbocycles. The number of fused-ring (bicyclic) bond motifs is 9. The lowest BCUT2D eigenvalue weighted by Crippen LogP contribution is -1.95. The van der Waals surface area contributed by atoms with E-state index in [4.69, 9.17) is 0 Å². The van der Waals surface area contributed by atoms with Crippen LogP contribution in [-0.4, -0.2) is 9.13 Å². The van der Waals surface area contributed by atoms with Crippen molar-refractivity contribution >= 4 is 80.8 Å². The third-order valence-corrected chi connectivity index (χ3v) is 15.1. The van der Waals surface area contributed by atoms with Crippen LogP contribution in [0, 0.1) is 0 Å². The molecule has 0 spiro atoms. The molecule has 0 radical (unpaired) electrons. The summed E-state index contributed by atoms with van der Waals surface area (Å²) in [5, 5.41) is 7.49. The van der Waals surface area contributed by atoms with Gasteiger partial charge >= 0.3 is 0 Å². The van der Waals surface area contributed by atoms with Gasteiger partial charge in [0.15, 0.2) is 0 Å². The van der Waals surface area contributed by atoms with Crippen molar-refractivity contribution in [2.45, 2.75) is 6.92 Å². The van der Waals surface area contributed by atoms with Crippen LogP contribution in [0.25, 0.3) is 131 Å². The number of thiophene rings is 1. The first kappa shape index (κ1) is 41.4. The highest BCUT2D eigenvalue weighted by Gasteiger charge is 2.19. The molecular weight excluding hydrogens is 865 g/mol. The molecule has 0 amide bonds. The summed E-state index contributed by atoms with van der Waals surface area (Å²) in [5.74, 6) is 0. The van der Waals surface area contributed by atoms with Crippen LogP contribution in [0.2, 0.25) is 0 Å². The molecule has 0 aliphatic rings. The van der Waals surface area contributed by atoms with E-state index in [2.05, 4.69) is 265 Å². The minimum Gasteiger partial charge on any atom is -0.309 e. The predicted molar refractivity (Wildman–Crippen MR) is 303 cm³/mol. The van der Waals surface area contributed by atoms with Gasteiger partial charge in [0, 0.05) is 53.1 Å². The monoisotopic (exact) mass is 910 g/mol. The Morgan fingerprint density at radius 3 is 1.37 bits per heavy atom. The Bertz CT molecular complexity index is 4250. The van der Waals surface area contributed by atoms with Gasteiger partial charge in [-0.2, -0.15) is 0 Å². The second kappa shape index (κ2) is 17.1. The molecule has 0 saturated heterocycles. The fourth-order valence-corrected chi connectivity index (χ4v) is 11.8. The van der Waals surface area contributed by atoms with Crippen LogP contribution >= 0.6 is 11.3 Å². The maximum absolute atomic E-state index is 4.07. The molecule has 3 aromatic heterocycles. The molecule has 3 heterocycles. The SMILES string of the molecule is C=C/C=C(\C=C/C)n1c2ccc(-c3ccccc3)cc2c2cc(-c3ccc4c(c3)c3cc(-c5ccccc5)ccc3n4-c3cccc(-c4cccc(-c5ccc6sc7ccccc7c6c5)c4)c3)ccc21. The highest BCUT2D eigenvalue weighted by Crippen LogP contribution is 2.42. The van der Waals surface area contributed by atoms with Gasteiger partial charge in [-0.25, -0.2) is 0 Å². The molecule has 2 nitrogen and oxygen atoms in total. The number of nitrogens with zero attached hydrogens (tertiary/aromatic N) is 2. The third-order valence-electron chi connectivity index (χ3n) is 14.0. The van der Waals surface area contributed by atoms with Gasteiger partial charge in [0.25, 0.3) is 0 Å². The molecule has 0 atom stereocenters. The summed E-state index contributed by atoms with van der Waals surface area (Å²) in [6.07, 6.45) is 8.22. The first-order valence-electron chi connectivity index (χ1n) is 24.0. The van der Waals surface area contributed by atoms with Crippen molar-refractivity contribution in [3.05, 3.63) is 255 Å². The van der Waals surface area contributed by atoms with E-state index in [-0.39, 0.29) is 0 Å². The van der Waals surface area contributed by atoms with Crippen molar-refractivity contribution in [1.29, 1.82) is 0 Å². The van der Waals surface area contributed by atoms with E-state index in [1.165, 1.54) is 108 Å². The first-order chi connectivity index (χ1) is 34.6. The Labute approximate surface area is 411 Å². The number of hydrogen-bond acceptors (Lipinski definition) is 1. The van der Waals surface area contributed by atoms with Gasteiger partial charge < -0.3 is 9.13 Å². The van der Waals surface area contributed by atoms with E-state index in [1.807, 2.05) is 17.4 Å². The molecule has 0 fully saturated rings. The van der Waals surface area contributed by atoms with Gasteiger partial charge in [-0.1, -0.05) is 158 Å². The largest absolute Gasteiger partial charge is 0.309 e. The second-order valence-corrected chi connectivity index (χ2v) is 19.2. The normalized spacial score (nSPS) is 12.2. The lowest BCUT2D eigenvalue weighted by Gasteiger charge is -2.12. The number of hydrogen-bond donors (Lipinski definition) is 0. The molecule has 330 valence electrons. The van der Waals surface area contributed by atoms with Crippen molar-refractivity contribution in [3.8, 4) is 61.3 Å². The Morgan fingerprint density at radius 1 is 0.371 bits per heavy atom. The van der Waals surface area contributed by atoms with Gasteiger partial charge in [0.05, 0.1) is 22.1 Å². The van der Waals surface area contributed by atoms with Gasteiger partial charge in [0.1, 0.15) is 0 Å². The highest BCUT2D eigenvalue weighted by molar-refractivity contribution is 7.25. The predicted octanol–water partition coefficient (Wildman–Crippen LogP) is 19.2. The summed E-state index contributed by atoms with van der Waals surface area (Å²) < 4.78 is 7.46. The summed E-state index contributed by atoms with van der Waals surface area (Å²) >= 11 is 1.86. The summed E-state index contributed by atoms with van der Waals surface area (Å²) in [7, 11) is 0. The maximum Gasteiger partial charge on any atom is 0.0541 e. The smallest absolute Gasteiger partial charge is 0.0541 e. The second-order valence-electron chi connectivity index (χ2n) is 18.1. The van der Waals surface area contributed by atoms with Crippen LogP contribution in [0.1, 0.15) is 6.92 Å². The molecule has 10 aromatic carbocycles. The quantitative estimate of drug-likeness (QED) is 0.128. The number of rotatable bonds is 9. The van der Waals surface area contributed by atoms with Crippen LogP contribution in [-0.2, 0) is 0 Å². The minimum atomic E-state index is 1.07. The highest BCUT2D eigenvalue weighted by atomic mass is 32.1. The molecule has 13 aromatic rings. The van der Waals surface area contributed by atoms with Crippen molar-refractivity contribution in [1.82, 2.24) is 9.13 Å². The fraction of sp³-hybridized carbons (Fsp3) is 0.0149. The zero-order valence-electron chi connectivity index (χ0n) is 38.7. The topological polar surface area (TPSA) is 9.86 Å². The van der Waals surface area contributed by atoms with E-state index in [0.717, 1.165) is 22.4 Å². The van der Waals surface area contributed by atoms with Crippen molar-refractivity contribution in [3.63, 3.8) is 0 Å². The van der Waals surface area contributed by atoms with Crippen LogP contribution in [0.15, 0.2) is 255 Å². The molecule has 0 bridgehead atoms. The molecule has 0 aliphatic heterocycles. The zero-order valence-corrected chi connectivity index (χ0v) is 39.5. The summed E-state index contributed by atoms with van der Waals surface area (Å²) in [4.78, 5) is 0. The lowest BCUT2D eigenvalue weighted by molar-refractivity contribution is 1.18. The molecule has 13 rings (SSSR count). The average molecular weight is 911 g/mol. The van der Waals surface area contributed by atoms with E-state index < -0.39 is 0 Å². The van der Waals surface area contributed by atoms with E-state index in [0.29, 0.717) is 0 Å². The van der Waals surface area contributed by atoms with Crippen molar-refractivity contribution in [2.24, 2.45) is 0 Å². The third kappa shape index (κ3) is 7.02. The van der Waals surface area contributed by atoms with Crippen molar-refractivity contribution in [2.75, 3.05) is 0 Å². The number of allylic oxidation sites excluding steroid dienone is 5. The van der Waals surface area contributed by atoms with Crippen molar-refractivity contribution < 1.29 is 0 Å². The molecule has 70 heavy (non-hydrogen) atoms. The van der Waals surface area contributed by atoms with Crippen LogP contribution in [0.3, 0.4) is 0 Å². The number of aromatic nitrogens is 2. The molecule has 0 N–H and O–H groups in total. The van der Waals surface area contributed by atoms with E-state index >= 15 is 0 Å². The van der Waals surface area contributed by atoms with Gasteiger partial charge in [-0.15, -0.1) is 11.3 Å². The summed E-state index contributed by atoms with van der Waals surface area (Å²) in [5.41, 5.74) is 18.8. The first-order valence-corrected chi connectivity index (χ1v) is 24.8. The zero-order chi connectivity index (χ0) is 46.7. The minimum absolute atomic E-state index is 1.07. The summed E-state index contributed by atoms with van der Waals surface area (Å²) in [6.45, 7) is 6.14.